The van der Waals surface area contributed by atoms with Crippen LogP contribution < -0.4 is 5.32 Å². The summed E-state index contributed by atoms with van der Waals surface area (Å²) in [5.41, 5.74) is 0.331. The van der Waals surface area contributed by atoms with Gasteiger partial charge in [-0.15, -0.1) is 0 Å². The summed E-state index contributed by atoms with van der Waals surface area (Å²) in [5.74, 6) is 0.836. The van der Waals surface area contributed by atoms with E-state index in [1.165, 1.54) is 58.5 Å². The van der Waals surface area contributed by atoms with Crippen molar-refractivity contribution in [2.24, 2.45) is 5.92 Å². The Morgan fingerprint density at radius 1 is 1.16 bits per heavy atom. The van der Waals surface area contributed by atoms with E-state index in [4.69, 9.17) is 0 Å². The summed E-state index contributed by atoms with van der Waals surface area (Å²) in [6.45, 7) is 16.9. The van der Waals surface area contributed by atoms with E-state index in [0.29, 0.717) is 5.54 Å². The highest BCUT2D eigenvalue weighted by molar-refractivity contribution is 4.91. The second-order valence-electron chi connectivity index (χ2n) is 7.52. The Morgan fingerprint density at radius 3 is 2.42 bits per heavy atom. The number of nitrogens with zero attached hydrogens (tertiary/aromatic N) is 2. The minimum atomic E-state index is 0.331. The molecular formula is C16H33N3. The molecule has 2 aliphatic rings. The molecule has 0 aliphatic carbocycles. The normalized spacial score (nSPS) is 29.8. The predicted octanol–water partition coefficient (Wildman–Crippen LogP) is 2.18. The number of rotatable bonds is 4. The van der Waals surface area contributed by atoms with E-state index < -0.39 is 0 Å². The van der Waals surface area contributed by atoms with Crippen molar-refractivity contribution in [1.82, 2.24) is 15.1 Å². The van der Waals surface area contributed by atoms with Gasteiger partial charge in [0.15, 0.2) is 0 Å². The van der Waals surface area contributed by atoms with Crippen molar-refractivity contribution in [2.45, 2.75) is 58.5 Å². The quantitative estimate of drug-likeness (QED) is 0.842. The van der Waals surface area contributed by atoms with Crippen LogP contribution in [0, 0.1) is 5.92 Å². The lowest BCUT2D eigenvalue weighted by Crippen LogP contribution is -2.57. The fraction of sp³-hybridized carbons (Fsp3) is 1.00. The van der Waals surface area contributed by atoms with Crippen LogP contribution in [0.4, 0.5) is 0 Å². The van der Waals surface area contributed by atoms with Gasteiger partial charge < -0.3 is 10.2 Å². The molecule has 1 atom stereocenters. The van der Waals surface area contributed by atoms with Crippen molar-refractivity contribution in [2.75, 3.05) is 39.3 Å². The van der Waals surface area contributed by atoms with Gasteiger partial charge in [0.2, 0.25) is 0 Å². The van der Waals surface area contributed by atoms with Crippen LogP contribution in [0.25, 0.3) is 0 Å². The van der Waals surface area contributed by atoms with Gasteiger partial charge in [-0.05, 0) is 52.1 Å². The van der Waals surface area contributed by atoms with Crippen LogP contribution >= 0.6 is 0 Å². The molecule has 1 N–H and O–H groups in total. The van der Waals surface area contributed by atoms with Crippen molar-refractivity contribution in [3.05, 3.63) is 0 Å². The average Bonchev–Trinajstić information content (AvgIpc) is 2.36. The molecule has 0 amide bonds. The summed E-state index contributed by atoms with van der Waals surface area (Å²) in [7, 11) is 0. The van der Waals surface area contributed by atoms with Crippen molar-refractivity contribution >= 4 is 0 Å². The smallest absolute Gasteiger partial charge is 0.0140 e. The van der Waals surface area contributed by atoms with Crippen LogP contribution in [-0.4, -0.2) is 60.6 Å². The topological polar surface area (TPSA) is 18.5 Å². The minimum absolute atomic E-state index is 0.331. The van der Waals surface area contributed by atoms with E-state index in [1.54, 1.807) is 0 Å². The second kappa shape index (κ2) is 6.55. The summed E-state index contributed by atoms with van der Waals surface area (Å²) >= 11 is 0. The molecule has 0 radical (unpaired) electrons. The number of hydrogen-bond acceptors (Lipinski definition) is 3. The molecule has 0 aromatic rings. The first-order valence-electron chi connectivity index (χ1n) is 8.18. The lowest BCUT2D eigenvalue weighted by atomic mass is 9.88. The van der Waals surface area contributed by atoms with Gasteiger partial charge in [0.05, 0.1) is 0 Å². The third-order valence-electron chi connectivity index (χ3n) is 4.77. The molecule has 2 heterocycles. The molecule has 1 unspecified atom stereocenters. The van der Waals surface area contributed by atoms with Crippen molar-refractivity contribution in [1.29, 1.82) is 0 Å². The lowest BCUT2D eigenvalue weighted by Gasteiger charge is -2.45. The first-order chi connectivity index (χ1) is 8.96. The molecule has 2 aliphatic heterocycles. The fourth-order valence-electron chi connectivity index (χ4n) is 3.45. The number of piperidine rings is 1. The maximum absolute atomic E-state index is 3.63. The number of piperazine rings is 1. The summed E-state index contributed by atoms with van der Waals surface area (Å²) in [6, 6.07) is 0.809. The Hall–Kier alpha value is -0.120. The Morgan fingerprint density at radius 2 is 1.84 bits per heavy atom. The van der Waals surface area contributed by atoms with Crippen molar-refractivity contribution in [3.63, 3.8) is 0 Å². The molecular weight excluding hydrogens is 234 g/mol. The zero-order chi connectivity index (χ0) is 13.9. The molecule has 2 fully saturated rings. The average molecular weight is 267 g/mol. The summed E-state index contributed by atoms with van der Waals surface area (Å²) in [5, 5.41) is 3.63. The fourth-order valence-corrected chi connectivity index (χ4v) is 3.45. The maximum atomic E-state index is 3.63. The van der Waals surface area contributed by atoms with Crippen LogP contribution in [-0.2, 0) is 0 Å². The van der Waals surface area contributed by atoms with E-state index in [1.807, 2.05) is 0 Å². The van der Waals surface area contributed by atoms with E-state index in [-0.39, 0.29) is 0 Å². The van der Waals surface area contributed by atoms with Gasteiger partial charge >= 0.3 is 0 Å². The first-order valence-corrected chi connectivity index (χ1v) is 8.18. The van der Waals surface area contributed by atoms with E-state index in [0.717, 1.165) is 12.0 Å². The van der Waals surface area contributed by atoms with Gasteiger partial charge in [-0.1, -0.05) is 13.8 Å². The molecule has 2 saturated heterocycles. The summed E-state index contributed by atoms with van der Waals surface area (Å²) in [6.07, 6.45) is 3.98. The van der Waals surface area contributed by atoms with Gasteiger partial charge in [-0.3, -0.25) is 4.90 Å². The molecule has 0 aromatic carbocycles. The van der Waals surface area contributed by atoms with Crippen LogP contribution in [0.2, 0.25) is 0 Å². The monoisotopic (exact) mass is 267 g/mol. The number of hydrogen-bond donors (Lipinski definition) is 1. The van der Waals surface area contributed by atoms with Crippen molar-refractivity contribution < 1.29 is 0 Å². The molecule has 0 saturated carbocycles. The van der Waals surface area contributed by atoms with Gasteiger partial charge in [-0.25, -0.2) is 0 Å². The van der Waals surface area contributed by atoms with E-state index >= 15 is 0 Å². The summed E-state index contributed by atoms with van der Waals surface area (Å²) < 4.78 is 0. The molecule has 0 aromatic heterocycles. The number of nitrogens with one attached hydrogen (secondary N) is 1. The van der Waals surface area contributed by atoms with Gasteiger partial charge in [0, 0.05) is 37.8 Å². The lowest BCUT2D eigenvalue weighted by molar-refractivity contribution is 0.0608. The Kier molecular flexibility index (Phi) is 5.27. The van der Waals surface area contributed by atoms with Gasteiger partial charge in [0.1, 0.15) is 0 Å². The highest BCUT2D eigenvalue weighted by Crippen LogP contribution is 2.23. The van der Waals surface area contributed by atoms with E-state index in [2.05, 4.69) is 42.8 Å². The molecule has 0 spiro atoms. The zero-order valence-corrected chi connectivity index (χ0v) is 13.4. The first kappa shape index (κ1) is 15.3. The molecule has 3 nitrogen and oxygen atoms in total. The van der Waals surface area contributed by atoms with Crippen molar-refractivity contribution in [3.8, 4) is 0 Å². The predicted molar refractivity (Wildman–Crippen MR) is 82.6 cm³/mol. The largest absolute Gasteiger partial charge is 0.312 e. The van der Waals surface area contributed by atoms with Crippen LogP contribution in [0.1, 0.15) is 47.0 Å². The molecule has 112 valence electrons. The Bertz CT molecular complexity index is 267. The zero-order valence-electron chi connectivity index (χ0n) is 13.4. The Labute approximate surface area is 119 Å². The standard InChI is InChI=1S/C16H33N3/c1-14(2)6-8-18-9-11-19(12-10-18)15-5-7-17-16(3,4)13-15/h14-15,17H,5-13H2,1-4H3. The molecule has 19 heavy (non-hydrogen) atoms. The van der Waals surface area contributed by atoms with Crippen LogP contribution in [0.3, 0.4) is 0 Å². The Balaban J connectivity index is 1.73. The molecule has 0 bridgehead atoms. The minimum Gasteiger partial charge on any atom is -0.312 e. The second-order valence-corrected chi connectivity index (χ2v) is 7.52. The van der Waals surface area contributed by atoms with Crippen LogP contribution in [0.15, 0.2) is 0 Å². The van der Waals surface area contributed by atoms with Gasteiger partial charge in [0.25, 0.3) is 0 Å². The SMILES string of the molecule is CC(C)CCN1CCN(C2CCNC(C)(C)C2)CC1. The summed E-state index contributed by atoms with van der Waals surface area (Å²) in [4.78, 5) is 5.40. The highest BCUT2D eigenvalue weighted by atomic mass is 15.3. The third kappa shape index (κ3) is 4.73. The van der Waals surface area contributed by atoms with E-state index in [9.17, 15) is 0 Å². The molecule has 2 rings (SSSR count). The molecule has 3 heteroatoms. The maximum Gasteiger partial charge on any atom is 0.0140 e. The highest BCUT2D eigenvalue weighted by Gasteiger charge is 2.32. The van der Waals surface area contributed by atoms with Gasteiger partial charge in [-0.2, -0.15) is 0 Å². The third-order valence-corrected chi connectivity index (χ3v) is 4.77. The van der Waals surface area contributed by atoms with Crippen LogP contribution in [0.5, 0.6) is 0 Å².